The molecule has 3 aromatic rings. The SMILES string of the molecule is C[NH+]1C/C(=C/c2ccccc2)C2=NN(c3ccc([N+](=O)[O-])cc3)C(c3ccccc3)C2C1. The maximum atomic E-state index is 11.1. The first-order chi connectivity index (χ1) is 15.6. The van der Waals surface area contributed by atoms with E-state index in [1.807, 2.05) is 12.1 Å². The van der Waals surface area contributed by atoms with Crippen LogP contribution >= 0.6 is 0 Å². The quantitative estimate of drug-likeness (QED) is 0.512. The summed E-state index contributed by atoms with van der Waals surface area (Å²) in [5.41, 5.74) is 5.68. The summed E-state index contributed by atoms with van der Waals surface area (Å²) in [5.74, 6) is 0.233. The second-order valence-corrected chi connectivity index (χ2v) is 8.48. The van der Waals surface area contributed by atoms with E-state index in [4.69, 9.17) is 5.10 Å². The molecule has 2 aliphatic rings. The Labute approximate surface area is 187 Å². The Balaban J connectivity index is 1.60. The summed E-state index contributed by atoms with van der Waals surface area (Å²) in [6.07, 6.45) is 2.25. The average molecular weight is 426 g/mol. The number of rotatable bonds is 4. The van der Waals surface area contributed by atoms with Gasteiger partial charge in [0.2, 0.25) is 0 Å². The molecule has 5 rings (SSSR count). The molecule has 1 fully saturated rings. The number of anilines is 1. The van der Waals surface area contributed by atoms with Gasteiger partial charge in [-0.1, -0.05) is 60.7 Å². The van der Waals surface area contributed by atoms with Crippen molar-refractivity contribution in [3.8, 4) is 0 Å². The van der Waals surface area contributed by atoms with E-state index in [2.05, 4.69) is 66.7 Å². The van der Waals surface area contributed by atoms with Gasteiger partial charge in [-0.05, 0) is 29.3 Å². The number of hydrogen-bond acceptors (Lipinski definition) is 4. The Morgan fingerprint density at radius 1 is 1.00 bits per heavy atom. The zero-order valence-electron chi connectivity index (χ0n) is 17.9. The molecule has 32 heavy (non-hydrogen) atoms. The van der Waals surface area contributed by atoms with Crippen LogP contribution in [0, 0.1) is 16.0 Å². The van der Waals surface area contributed by atoms with E-state index in [1.54, 1.807) is 24.3 Å². The van der Waals surface area contributed by atoms with Crippen molar-refractivity contribution in [1.82, 2.24) is 0 Å². The Hall–Kier alpha value is -3.77. The first-order valence-electron chi connectivity index (χ1n) is 10.8. The third kappa shape index (κ3) is 3.81. The molecule has 1 N–H and O–H groups in total. The highest BCUT2D eigenvalue weighted by Gasteiger charge is 2.45. The summed E-state index contributed by atoms with van der Waals surface area (Å²) in [5, 5.41) is 18.3. The van der Waals surface area contributed by atoms with Crippen LogP contribution in [-0.2, 0) is 0 Å². The van der Waals surface area contributed by atoms with E-state index >= 15 is 0 Å². The highest BCUT2D eigenvalue weighted by molar-refractivity contribution is 6.08. The number of quaternary nitrogens is 1. The van der Waals surface area contributed by atoms with Crippen LogP contribution in [0.3, 0.4) is 0 Å². The number of likely N-dealkylation sites (N-methyl/N-ethyl adjacent to an activating group) is 1. The maximum Gasteiger partial charge on any atom is 0.269 e. The number of hydrazone groups is 1. The normalized spacial score (nSPS) is 23.7. The molecule has 1 saturated heterocycles. The van der Waals surface area contributed by atoms with Gasteiger partial charge in [0.15, 0.2) is 0 Å². The van der Waals surface area contributed by atoms with Gasteiger partial charge in [-0.2, -0.15) is 5.10 Å². The predicted octanol–water partition coefficient (Wildman–Crippen LogP) is 3.74. The zero-order valence-corrected chi connectivity index (χ0v) is 17.9. The van der Waals surface area contributed by atoms with Crippen LogP contribution < -0.4 is 9.91 Å². The third-order valence-electron chi connectivity index (χ3n) is 6.21. The number of nitro benzene ring substituents is 1. The zero-order chi connectivity index (χ0) is 22.1. The van der Waals surface area contributed by atoms with Gasteiger partial charge in [0.05, 0.1) is 41.9 Å². The molecule has 0 aromatic heterocycles. The Kier molecular flexibility index (Phi) is 5.29. The van der Waals surface area contributed by atoms with Gasteiger partial charge in [-0.15, -0.1) is 0 Å². The van der Waals surface area contributed by atoms with Crippen molar-refractivity contribution in [3.05, 3.63) is 112 Å². The number of fused-ring (bicyclic) bond motifs is 1. The molecule has 3 atom stereocenters. The van der Waals surface area contributed by atoms with Gasteiger partial charge >= 0.3 is 0 Å². The number of likely N-dealkylation sites (tertiary alicyclic amines) is 1. The van der Waals surface area contributed by atoms with Crippen LogP contribution in [0.15, 0.2) is 95.6 Å². The summed E-state index contributed by atoms with van der Waals surface area (Å²) >= 11 is 0. The highest BCUT2D eigenvalue weighted by Crippen LogP contribution is 2.41. The summed E-state index contributed by atoms with van der Waals surface area (Å²) in [6, 6.07) is 27.5. The van der Waals surface area contributed by atoms with Crippen molar-refractivity contribution in [2.45, 2.75) is 6.04 Å². The minimum atomic E-state index is -0.368. The number of nitrogens with zero attached hydrogens (tertiary/aromatic N) is 3. The number of non-ortho nitro benzene ring substituents is 1. The van der Waals surface area contributed by atoms with Crippen molar-refractivity contribution in [3.63, 3.8) is 0 Å². The van der Waals surface area contributed by atoms with Gasteiger partial charge in [-0.3, -0.25) is 15.1 Å². The molecule has 0 bridgehead atoms. The highest BCUT2D eigenvalue weighted by atomic mass is 16.6. The Morgan fingerprint density at radius 3 is 2.31 bits per heavy atom. The fraction of sp³-hybridized carbons (Fsp3) is 0.192. The van der Waals surface area contributed by atoms with Crippen LogP contribution in [0.5, 0.6) is 0 Å². The van der Waals surface area contributed by atoms with Gasteiger partial charge in [0.1, 0.15) is 6.54 Å². The molecular weight excluding hydrogens is 400 g/mol. The molecule has 3 aromatic carbocycles. The molecule has 0 saturated carbocycles. The molecule has 0 aliphatic carbocycles. The second-order valence-electron chi connectivity index (χ2n) is 8.48. The minimum absolute atomic E-state index is 0.0436. The van der Waals surface area contributed by atoms with E-state index in [9.17, 15) is 10.1 Å². The smallest absolute Gasteiger partial charge is 0.269 e. The molecule has 6 nitrogen and oxygen atoms in total. The lowest BCUT2D eigenvalue weighted by molar-refractivity contribution is -0.878. The first kappa shape index (κ1) is 20.2. The van der Waals surface area contributed by atoms with Crippen molar-refractivity contribution in [1.29, 1.82) is 0 Å². The Morgan fingerprint density at radius 2 is 1.66 bits per heavy atom. The topological polar surface area (TPSA) is 63.2 Å². The molecule has 2 aliphatic heterocycles. The predicted molar refractivity (Wildman–Crippen MR) is 127 cm³/mol. The molecule has 6 heteroatoms. The number of benzene rings is 3. The lowest BCUT2D eigenvalue weighted by Gasteiger charge is -2.32. The van der Waals surface area contributed by atoms with E-state index in [1.165, 1.54) is 21.6 Å². The maximum absolute atomic E-state index is 11.1. The first-order valence-corrected chi connectivity index (χ1v) is 10.8. The molecule has 3 unspecified atom stereocenters. The van der Waals surface area contributed by atoms with E-state index in [0.717, 1.165) is 24.5 Å². The average Bonchev–Trinajstić information content (AvgIpc) is 3.20. The lowest BCUT2D eigenvalue weighted by Crippen LogP contribution is -3.11. The molecule has 0 spiro atoms. The molecule has 160 valence electrons. The van der Waals surface area contributed by atoms with Crippen molar-refractivity contribution >= 4 is 23.2 Å². The van der Waals surface area contributed by atoms with Gasteiger partial charge in [0, 0.05) is 17.7 Å². The van der Waals surface area contributed by atoms with Gasteiger partial charge < -0.3 is 4.90 Å². The molecule has 0 amide bonds. The minimum Gasteiger partial charge on any atom is -0.333 e. The van der Waals surface area contributed by atoms with Crippen LogP contribution in [-0.4, -0.2) is 30.8 Å². The standard InChI is InChI=1S/C26H24N4O2/c1-28-17-21(16-19-8-4-2-5-9-19)25-24(18-28)26(20-10-6-3-7-11-20)29(27-25)22-12-14-23(15-13-22)30(31)32/h2-16,24,26H,17-18H2,1H3/p+1/b21-16-. The van der Waals surface area contributed by atoms with Crippen molar-refractivity contribution < 1.29 is 9.82 Å². The number of nitro groups is 1. The fourth-order valence-electron chi connectivity index (χ4n) is 4.79. The summed E-state index contributed by atoms with van der Waals surface area (Å²) < 4.78 is 0. The van der Waals surface area contributed by atoms with Crippen molar-refractivity contribution in [2.24, 2.45) is 11.0 Å². The third-order valence-corrected chi connectivity index (χ3v) is 6.21. The lowest BCUT2D eigenvalue weighted by atomic mass is 9.83. The molecule has 2 heterocycles. The number of hydrogen-bond donors (Lipinski definition) is 1. The molecule has 0 radical (unpaired) electrons. The van der Waals surface area contributed by atoms with Crippen LogP contribution in [0.25, 0.3) is 6.08 Å². The summed E-state index contributed by atoms with van der Waals surface area (Å²) in [4.78, 5) is 12.2. The summed E-state index contributed by atoms with van der Waals surface area (Å²) in [6.45, 7) is 1.90. The molecular formula is C26H25N4O2+. The van der Waals surface area contributed by atoms with E-state index in [0.29, 0.717) is 0 Å². The van der Waals surface area contributed by atoms with Crippen molar-refractivity contribution in [2.75, 3.05) is 25.1 Å². The fourth-order valence-corrected chi connectivity index (χ4v) is 4.79. The number of nitrogens with one attached hydrogen (secondary N) is 1. The van der Waals surface area contributed by atoms with Gasteiger partial charge in [0.25, 0.3) is 5.69 Å². The summed E-state index contributed by atoms with van der Waals surface area (Å²) in [7, 11) is 2.23. The van der Waals surface area contributed by atoms with E-state index in [-0.39, 0.29) is 22.6 Å². The number of piperidine rings is 1. The second kappa shape index (κ2) is 8.40. The largest absolute Gasteiger partial charge is 0.333 e. The monoisotopic (exact) mass is 425 g/mol. The van der Waals surface area contributed by atoms with Crippen LogP contribution in [0.2, 0.25) is 0 Å². The van der Waals surface area contributed by atoms with Crippen LogP contribution in [0.1, 0.15) is 17.2 Å². The Bertz CT molecular complexity index is 1170. The van der Waals surface area contributed by atoms with E-state index < -0.39 is 0 Å². The van der Waals surface area contributed by atoms with Gasteiger partial charge in [-0.25, -0.2) is 0 Å². The van der Waals surface area contributed by atoms with Crippen LogP contribution in [0.4, 0.5) is 11.4 Å².